The first kappa shape index (κ1) is 28.5. The Morgan fingerprint density at radius 3 is 2.62 bits per heavy atom. The molecular formula is C30H19ClF5N7O2. The van der Waals surface area contributed by atoms with E-state index in [1.165, 1.54) is 21.8 Å². The van der Waals surface area contributed by atoms with Gasteiger partial charge in [0.15, 0.2) is 5.65 Å². The van der Waals surface area contributed by atoms with Crippen LogP contribution in [0.25, 0.3) is 16.8 Å². The third kappa shape index (κ3) is 4.68. The number of rotatable bonds is 4. The molecule has 15 heteroatoms. The number of nitrogens with one attached hydrogen (secondary N) is 2. The SMILES string of the molecule is Nc1c(-c2cc(NC(=O)c3cc(F)cc(C(F)(F)F)c3)c3c4c2CCN4C(=O)NC3c2cc(F)ccc2Cl)ccc2ncnn12. The average molecular weight is 640 g/mol. The van der Waals surface area contributed by atoms with Gasteiger partial charge in [-0.3, -0.25) is 9.69 Å². The van der Waals surface area contributed by atoms with Crippen LogP contribution in [0.5, 0.6) is 0 Å². The summed E-state index contributed by atoms with van der Waals surface area (Å²) in [5.74, 6) is -2.77. The van der Waals surface area contributed by atoms with E-state index in [-0.39, 0.29) is 34.7 Å². The van der Waals surface area contributed by atoms with E-state index in [1.807, 2.05) is 0 Å². The zero-order valence-electron chi connectivity index (χ0n) is 22.7. The number of nitrogens with zero attached hydrogens (tertiary/aromatic N) is 4. The molecule has 2 aromatic heterocycles. The highest BCUT2D eigenvalue weighted by atomic mass is 35.5. The minimum Gasteiger partial charge on any atom is -0.383 e. The molecule has 4 heterocycles. The number of pyridine rings is 1. The van der Waals surface area contributed by atoms with Crippen molar-refractivity contribution < 1.29 is 31.5 Å². The molecule has 45 heavy (non-hydrogen) atoms. The minimum absolute atomic E-state index is 0.0434. The molecule has 0 radical (unpaired) electrons. The zero-order valence-corrected chi connectivity index (χ0v) is 23.5. The Hall–Kier alpha value is -5.24. The van der Waals surface area contributed by atoms with Crippen LogP contribution < -0.4 is 21.3 Å². The van der Waals surface area contributed by atoms with Gasteiger partial charge in [-0.05, 0) is 72.1 Å². The number of fused-ring (bicyclic) bond motifs is 1. The molecular weight excluding hydrogens is 621 g/mol. The molecule has 3 amide bonds. The normalized spacial score (nSPS) is 15.7. The molecule has 2 aliphatic heterocycles. The largest absolute Gasteiger partial charge is 0.416 e. The summed E-state index contributed by atoms with van der Waals surface area (Å²) in [7, 11) is 0. The van der Waals surface area contributed by atoms with Gasteiger partial charge in [-0.1, -0.05) is 11.6 Å². The number of nitrogen functional groups attached to an aromatic ring is 1. The van der Waals surface area contributed by atoms with Crippen molar-refractivity contribution in [2.24, 2.45) is 0 Å². The van der Waals surface area contributed by atoms with Crippen molar-refractivity contribution in [1.82, 2.24) is 19.9 Å². The molecule has 3 aromatic carbocycles. The lowest BCUT2D eigenvalue weighted by molar-refractivity contribution is -0.137. The standard InChI is InChI=1S/C30H19ClF5N7O2/c31-21-3-1-15(32)10-20(21)25-24-22(40-28(44)13-7-14(30(34,35)36)9-16(33)8-13)11-19(17-5-6-42(26(17)24)29(45)41-25)18-2-4-23-38-12-39-43(23)27(18)37/h1-4,7-12,25H,5-6,37H2,(H,40,44)(H,41,45). The topological polar surface area (TPSA) is 118 Å². The minimum atomic E-state index is -4.91. The maximum absolute atomic E-state index is 14.5. The van der Waals surface area contributed by atoms with E-state index in [0.29, 0.717) is 52.1 Å². The lowest BCUT2D eigenvalue weighted by atomic mass is 9.87. The summed E-state index contributed by atoms with van der Waals surface area (Å²) in [6.45, 7) is 0.243. The van der Waals surface area contributed by atoms with Gasteiger partial charge in [-0.25, -0.2) is 18.6 Å². The number of nitrogens with two attached hydrogens (primary N) is 1. The summed E-state index contributed by atoms with van der Waals surface area (Å²) in [6, 6.07) is 8.42. The van der Waals surface area contributed by atoms with Crippen LogP contribution in [0.1, 0.15) is 38.7 Å². The summed E-state index contributed by atoms with van der Waals surface area (Å²) in [6.07, 6.45) is -3.22. The Kier molecular flexibility index (Phi) is 6.44. The Balaban J connectivity index is 1.47. The summed E-state index contributed by atoms with van der Waals surface area (Å²) in [5, 5.41) is 9.68. The van der Waals surface area contributed by atoms with Crippen molar-refractivity contribution in [3.8, 4) is 11.1 Å². The monoisotopic (exact) mass is 639 g/mol. The van der Waals surface area contributed by atoms with E-state index >= 15 is 0 Å². The Morgan fingerprint density at radius 2 is 1.84 bits per heavy atom. The van der Waals surface area contributed by atoms with E-state index in [9.17, 15) is 31.5 Å². The zero-order chi connectivity index (χ0) is 31.8. The number of halogens is 6. The smallest absolute Gasteiger partial charge is 0.383 e. The molecule has 228 valence electrons. The Bertz CT molecular complexity index is 2080. The van der Waals surface area contributed by atoms with E-state index < -0.39 is 46.9 Å². The molecule has 0 aliphatic carbocycles. The summed E-state index contributed by atoms with van der Waals surface area (Å²) >= 11 is 6.46. The van der Waals surface area contributed by atoms with Gasteiger partial charge >= 0.3 is 12.2 Å². The molecule has 9 nitrogen and oxygen atoms in total. The number of amides is 3. The Morgan fingerprint density at radius 1 is 1.04 bits per heavy atom. The van der Waals surface area contributed by atoms with Crippen molar-refractivity contribution in [3.63, 3.8) is 0 Å². The van der Waals surface area contributed by atoms with Crippen LogP contribution in [0.2, 0.25) is 5.02 Å². The van der Waals surface area contributed by atoms with Crippen LogP contribution in [0, 0.1) is 11.6 Å². The predicted octanol–water partition coefficient (Wildman–Crippen LogP) is 6.36. The van der Waals surface area contributed by atoms with Crippen LogP contribution in [0.15, 0.2) is 60.9 Å². The summed E-state index contributed by atoms with van der Waals surface area (Å²) in [5.41, 5.74) is 7.56. The van der Waals surface area contributed by atoms with Crippen LogP contribution in [0.3, 0.4) is 0 Å². The molecule has 0 bridgehead atoms. The second-order valence-corrected chi connectivity index (χ2v) is 10.9. The molecule has 0 saturated carbocycles. The van der Waals surface area contributed by atoms with E-state index in [0.717, 1.165) is 12.1 Å². The fourth-order valence-corrected chi connectivity index (χ4v) is 6.15. The molecule has 0 saturated heterocycles. The van der Waals surface area contributed by atoms with Crippen molar-refractivity contribution in [3.05, 3.63) is 105 Å². The maximum Gasteiger partial charge on any atom is 0.416 e. The van der Waals surface area contributed by atoms with Crippen molar-refractivity contribution in [2.45, 2.75) is 18.6 Å². The van der Waals surface area contributed by atoms with Crippen molar-refractivity contribution in [1.29, 1.82) is 0 Å². The first-order chi connectivity index (χ1) is 21.4. The van der Waals surface area contributed by atoms with Gasteiger partial charge in [0.1, 0.15) is 23.8 Å². The van der Waals surface area contributed by atoms with Crippen LogP contribution in [-0.4, -0.2) is 33.1 Å². The van der Waals surface area contributed by atoms with Crippen molar-refractivity contribution >= 4 is 46.4 Å². The first-order valence-electron chi connectivity index (χ1n) is 13.4. The number of carbonyl (C=O) groups excluding carboxylic acids is 2. The molecule has 7 rings (SSSR count). The highest BCUT2D eigenvalue weighted by molar-refractivity contribution is 6.31. The number of aromatic nitrogens is 3. The average Bonchev–Trinajstić information content (AvgIpc) is 3.65. The first-order valence-corrected chi connectivity index (χ1v) is 13.8. The quantitative estimate of drug-likeness (QED) is 0.198. The predicted molar refractivity (Wildman–Crippen MR) is 155 cm³/mol. The van der Waals surface area contributed by atoms with Crippen LogP contribution >= 0.6 is 11.6 Å². The number of urea groups is 1. The number of alkyl halides is 3. The number of carbonyl (C=O) groups is 2. The molecule has 5 aromatic rings. The molecule has 1 unspecified atom stereocenters. The molecule has 0 spiro atoms. The fraction of sp³-hybridized carbons (Fsp3) is 0.133. The fourth-order valence-electron chi connectivity index (χ4n) is 5.92. The lowest BCUT2D eigenvalue weighted by Crippen LogP contribution is -2.46. The van der Waals surface area contributed by atoms with E-state index in [4.69, 9.17) is 17.3 Å². The van der Waals surface area contributed by atoms with Gasteiger partial charge in [-0.2, -0.15) is 22.8 Å². The summed E-state index contributed by atoms with van der Waals surface area (Å²) in [4.78, 5) is 32.5. The molecule has 2 aliphatic rings. The van der Waals surface area contributed by atoms with E-state index in [1.54, 1.807) is 18.2 Å². The van der Waals surface area contributed by atoms with Gasteiger partial charge < -0.3 is 16.4 Å². The van der Waals surface area contributed by atoms with Gasteiger partial charge in [0, 0.05) is 39.5 Å². The van der Waals surface area contributed by atoms with Crippen molar-refractivity contribution in [2.75, 3.05) is 22.5 Å². The molecule has 4 N–H and O–H groups in total. The number of hydrogen-bond acceptors (Lipinski definition) is 5. The summed E-state index contributed by atoms with van der Waals surface area (Å²) < 4.78 is 70.5. The number of hydrogen-bond donors (Lipinski definition) is 3. The second kappa shape index (κ2) is 10.2. The third-order valence-corrected chi connectivity index (χ3v) is 8.22. The van der Waals surface area contributed by atoms with Gasteiger partial charge in [0.2, 0.25) is 0 Å². The number of anilines is 3. The lowest BCUT2D eigenvalue weighted by Gasteiger charge is -2.35. The number of benzene rings is 3. The van der Waals surface area contributed by atoms with Crippen LogP contribution in [0.4, 0.5) is 43.9 Å². The highest BCUT2D eigenvalue weighted by Gasteiger charge is 2.41. The highest BCUT2D eigenvalue weighted by Crippen LogP contribution is 2.50. The van der Waals surface area contributed by atoms with Gasteiger partial charge in [0.25, 0.3) is 5.91 Å². The maximum atomic E-state index is 14.5. The second-order valence-electron chi connectivity index (χ2n) is 10.5. The van der Waals surface area contributed by atoms with E-state index in [2.05, 4.69) is 20.7 Å². The van der Waals surface area contributed by atoms with Gasteiger partial charge in [-0.15, -0.1) is 0 Å². The molecule has 1 atom stereocenters. The van der Waals surface area contributed by atoms with Gasteiger partial charge in [0.05, 0.1) is 17.3 Å². The third-order valence-electron chi connectivity index (χ3n) is 7.87. The van der Waals surface area contributed by atoms with Crippen LogP contribution in [-0.2, 0) is 12.6 Å². The Labute approximate surface area is 255 Å². The molecule has 0 fully saturated rings.